The number of hydroxylamine groups is 2. The predicted molar refractivity (Wildman–Crippen MR) is 79.5 cm³/mol. The van der Waals surface area contributed by atoms with Crippen LogP contribution in [0.3, 0.4) is 0 Å². The van der Waals surface area contributed by atoms with E-state index in [0.717, 1.165) is 16.8 Å². The summed E-state index contributed by atoms with van der Waals surface area (Å²) in [5.74, 6) is -0.723. The molecule has 2 rings (SSSR count). The van der Waals surface area contributed by atoms with E-state index in [1.807, 2.05) is 13.0 Å². The summed E-state index contributed by atoms with van der Waals surface area (Å²) in [5, 5.41) is 0.455. The average Bonchev–Trinajstić information content (AvgIpc) is 2.81. The Morgan fingerprint density at radius 2 is 2.05 bits per heavy atom. The molecule has 0 aliphatic carbocycles. The number of carbonyl (C=O) groups is 3. The molecule has 1 fully saturated rings. The van der Waals surface area contributed by atoms with Gasteiger partial charge < -0.3 is 4.84 Å². The maximum absolute atomic E-state index is 12.1. The van der Waals surface area contributed by atoms with Gasteiger partial charge in [0.05, 0.1) is 11.8 Å². The van der Waals surface area contributed by atoms with Gasteiger partial charge in [0.2, 0.25) is 5.12 Å². The number of thioether (sulfide) groups is 1. The molecule has 0 spiro atoms. The zero-order valence-corrected chi connectivity index (χ0v) is 12.6. The number of amides is 1. The monoisotopic (exact) mass is 307 g/mol. The van der Waals surface area contributed by atoms with Crippen LogP contribution in [-0.2, 0) is 14.4 Å². The fourth-order valence-corrected chi connectivity index (χ4v) is 2.95. The Morgan fingerprint density at radius 1 is 1.33 bits per heavy atom. The third-order valence-electron chi connectivity index (χ3n) is 3.04. The molecule has 1 aromatic carbocycles. The molecule has 0 radical (unpaired) electrons. The van der Waals surface area contributed by atoms with E-state index in [-0.39, 0.29) is 17.4 Å². The van der Waals surface area contributed by atoms with Gasteiger partial charge in [-0.25, -0.2) is 4.79 Å². The van der Waals surface area contributed by atoms with Gasteiger partial charge >= 0.3 is 5.97 Å². The van der Waals surface area contributed by atoms with Gasteiger partial charge in [0.1, 0.15) is 0 Å². The molecule has 0 aromatic heterocycles. The molecule has 1 atom stereocenters. The predicted octanol–water partition coefficient (Wildman–Crippen LogP) is 2.42. The van der Waals surface area contributed by atoms with Crippen LogP contribution in [0.4, 0.5) is 0 Å². The van der Waals surface area contributed by atoms with E-state index in [2.05, 4.69) is 0 Å². The van der Waals surface area contributed by atoms with Crippen molar-refractivity contribution >= 4 is 28.8 Å². The summed E-state index contributed by atoms with van der Waals surface area (Å²) in [6, 6.07) is 8.82. The smallest absolute Gasteiger partial charge is 0.332 e. The molecule has 1 aliphatic rings. The lowest BCUT2D eigenvalue weighted by atomic mass is 10.2. The third-order valence-corrected chi connectivity index (χ3v) is 4.21. The van der Waals surface area contributed by atoms with Crippen LogP contribution in [0.25, 0.3) is 0 Å². The maximum atomic E-state index is 12.1. The number of hydrogen-bond donors (Lipinski definition) is 0. The molecule has 1 heterocycles. The van der Waals surface area contributed by atoms with Crippen molar-refractivity contribution in [2.45, 2.75) is 31.4 Å². The Labute approximate surface area is 127 Å². The van der Waals surface area contributed by atoms with Crippen molar-refractivity contribution < 1.29 is 19.2 Å². The summed E-state index contributed by atoms with van der Waals surface area (Å²) in [4.78, 5) is 40.6. The number of carbonyl (C=O) groups excluding carboxylic acids is 3. The lowest BCUT2D eigenvalue weighted by molar-refractivity contribution is -0.192. The second-order valence-corrected chi connectivity index (χ2v) is 5.88. The summed E-state index contributed by atoms with van der Waals surface area (Å²) >= 11 is 0.991. The molecule has 112 valence electrons. The highest BCUT2D eigenvalue weighted by molar-refractivity contribution is 8.15. The third kappa shape index (κ3) is 4.07. The number of nitrogens with zero attached hydrogens (tertiary/aromatic N) is 1. The van der Waals surface area contributed by atoms with E-state index in [9.17, 15) is 14.4 Å². The molecule has 1 aliphatic heterocycles. The van der Waals surface area contributed by atoms with Crippen LogP contribution in [0.15, 0.2) is 30.3 Å². The standard InChI is InChI=1S/C15H17NO4S/c1-2-6-13(17)20-16-10-9-12(14(16)18)21-15(19)11-7-4-3-5-8-11/h3-5,7-8,12H,2,6,9-10H2,1H3. The van der Waals surface area contributed by atoms with Crippen LogP contribution >= 0.6 is 11.8 Å². The Hall–Kier alpha value is -1.82. The maximum Gasteiger partial charge on any atom is 0.332 e. The van der Waals surface area contributed by atoms with Gasteiger partial charge in [-0.3, -0.25) is 9.59 Å². The van der Waals surface area contributed by atoms with Crippen LogP contribution in [0.5, 0.6) is 0 Å². The SMILES string of the molecule is CCCC(=O)ON1CCC(SC(=O)c2ccccc2)C1=O. The number of hydrogen-bond acceptors (Lipinski definition) is 5. The van der Waals surface area contributed by atoms with Gasteiger partial charge in [-0.15, -0.1) is 0 Å². The molecule has 0 N–H and O–H groups in total. The molecular weight excluding hydrogens is 290 g/mol. The summed E-state index contributed by atoms with van der Waals surface area (Å²) < 4.78 is 0. The zero-order valence-electron chi connectivity index (χ0n) is 11.8. The number of rotatable bonds is 5. The Kier molecular flexibility index (Phi) is 5.38. The van der Waals surface area contributed by atoms with Crippen LogP contribution in [0, 0.1) is 0 Å². The number of benzene rings is 1. The van der Waals surface area contributed by atoms with Crippen LogP contribution in [-0.4, -0.2) is 33.8 Å². The minimum absolute atomic E-state index is 0.143. The highest BCUT2D eigenvalue weighted by Crippen LogP contribution is 2.27. The van der Waals surface area contributed by atoms with E-state index in [1.165, 1.54) is 0 Å². The fraction of sp³-hybridized carbons (Fsp3) is 0.400. The van der Waals surface area contributed by atoms with Gasteiger partial charge in [-0.2, -0.15) is 5.06 Å². The minimum Gasteiger partial charge on any atom is -0.338 e. The van der Waals surface area contributed by atoms with Gasteiger partial charge in [-0.1, -0.05) is 49.0 Å². The molecule has 0 saturated carbocycles. The van der Waals surface area contributed by atoms with Gasteiger partial charge in [0.15, 0.2) is 0 Å². The van der Waals surface area contributed by atoms with Crippen molar-refractivity contribution in [3.05, 3.63) is 35.9 Å². The van der Waals surface area contributed by atoms with E-state index >= 15 is 0 Å². The first-order valence-electron chi connectivity index (χ1n) is 6.90. The first-order chi connectivity index (χ1) is 10.1. The summed E-state index contributed by atoms with van der Waals surface area (Å²) in [5.41, 5.74) is 0.566. The second-order valence-electron chi connectivity index (χ2n) is 4.70. The molecule has 1 aromatic rings. The normalized spacial score (nSPS) is 17.9. The average molecular weight is 307 g/mol. The van der Waals surface area contributed by atoms with E-state index in [0.29, 0.717) is 24.9 Å². The van der Waals surface area contributed by atoms with Crippen molar-refractivity contribution in [3.63, 3.8) is 0 Å². The zero-order chi connectivity index (χ0) is 15.2. The van der Waals surface area contributed by atoms with E-state index < -0.39 is 11.2 Å². The molecule has 21 heavy (non-hydrogen) atoms. The van der Waals surface area contributed by atoms with Crippen molar-refractivity contribution in [2.24, 2.45) is 0 Å². The summed E-state index contributed by atoms with van der Waals surface area (Å²) in [6.07, 6.45) is 1.46. The molecular formula is C15H17NO4S. The van der Waals surface area contributed by atoms with Crippen molar-refractivity contribution in [2.75, 3.05) is 6.54 Å². The molecule has 0 bridgehead atoms. The Bertz CT molecular complexity index is 532. The van der Waals surface area contributed by atoms with Crippen molar-refractivity contribution in [1.29, 1.82) is 0 Å². The molecule has 1 amide bonds. The van der Waals surface area contributed by atoms with Crippen LogP contribution in [0.2, 0.25) is 0 Å². The highest BCUT2D eigenvalue weighted by Gasteiger charge is 2.36. The van der Waals surface area contributed by atoms with Crippen LogP contribution < -0.4 is 0 Å². The highest BCUT2D eigenvalue weighted by atomic mass is 32.2. The minimum atomic E-state index is -0.480. The van der Waals surface area contributed by atoms with Gasteiger partial charge in [0, 0.05) is 12.0 Å². The Balaban J connectivity index is 1.90. The van der Waals surface area contributed by atoms with E-state index in [4.69, 9.17) is 4.84 Å². The van der Waals surface area contributed by atoms with Crippen molar-refractivity contribution in [3.8, 4) is 0 Å². The van der Waals surface area contributed by atoms with Gasteiger partial charge in [-0.05, 0) is 12.8 Å². The lowest BCUT2D eigenvalue weighted by Gasteiger charge is -2.15. The van der Waals surface area contributed by atoms with Gasteiger partial charge in [0.25, 0.3) is 5.91 Å². The first-order valence-corrected chi connectivity index (χ1v) is 7.78. The molecule has 1 saturated heterocycles. The summed E-state index contributed by atoms with van der Waals surface area (Å²) in [6.45, 7) is 2.21. The largest absolute Gasteiger partial charge is 0.338 e. The van der Waals surface area contributed by atoms with E-state index in [1.54, 1.807) is 24.3 Å². The quantitative estimate of drug-likeness (QED) is 0.836. The van der Waals surface area contributed by atoms with Crippen molar-refractivity contribution in [1.82, 2.24) is 5.06 Å². The summed E-state index contributed by atoms with van der Waals surface area (Å²) in [7, 11) is 0. The molecule has 1 unspecified atom stereocenters. The lowest BCUT2D eigenvalue weighted by Crippen LogP contribution is -2.31. The Morgan fingerprint density at radius 3 is 2.71 bits per heavy atom. The molecule has 5 nitrogen and oxygen atoms in total. The van der Waals surface area contributed by atoms with Crippen LogP contribution in [0.1, 0.15) is 36.5 Å². The molecule has 6 heteroatoms. The fourth-order valence-electron chi connectivity index (χ4n) is 1.97. The topological polar surface area (TPSA) is 63.7 Å². The first kappa shape index (κ1) is 15.6. The second kappa shape index (κ2) is 7.26.